The number of nitrogens with zero attached hydrogens (tertiary/aromatic N) is 2. The van der Waals surface area contributed by atoms with Crippen LogP contribution in [0.15, 0.2) is 38.0 Å². The van der Waals surface area contributed by atoms with Crippen molar-refractivity contribution in [3.8, 4) is 0 Å². The van der Waals surface area contributed by atoms with Crippen LogP contribution in [0, 0.1) is 0 Å². The molecule has 0 aliphatic carbocycles. The predicted octanol–water partition coefficient (Wildman–Crippen LogP) is 3.50. The number of carbonyl (C=O) groups is 1. The lowest BCUT2D eigenvalue weighted by molar-refractivity contribution is -0.116. The van der Waals surface area contributed by atoms with E-state index < -0.39 is 10.0 Å². The first-order valence-corrected chi connectivity index (χ1v) is 11.8. The second kappa shape index (κ2) is 9.79. The van der Waals surface area contributed by atoms with Gasteiger partial charge in [0.05, 0.1) is 4.90 Å². The van der Waals surface area contributed by atoms with Crippen molar-refractivity contribution in [2.45, 2.75) is 41.2 Å². The molecule has 2 aromatic rings. The number of halogens is 1. The van der Waals surface area contributed by atoms with Crippen molar-refractivity contribution in [3.05, 3.63) is 28.7 Å². The van der Waals surface area contributed by atoms with Gasteiger partial charge in [-0.1, -0.05) is 52.9 Å². The molecule has 0 spiro atoms. The standard InChI is InChI=1S/C15H19BrN4O3S3/c1-3-10(2)24-15-20-19-14(25-15)18-13(21)8-9-17-26(22,23)12-6-4-11(16)5-7-12/h4-7,10,17H,3,8-9H2,1-2H3,(H,18,19,21). The summed E-state index contributed by atoms with van der Waals surface area (Å²) >= 11 is 6.17. The van der Waals surface area contributed by atoms with Crippen molar-refractivity contribution in [1.29, 1.82) is 0 Å². The van der Waals surface area contributed by atoms with Gasteiger partial charge in [0.2, 0.25) is 21.1 Å². The Morgan fingerprint density at radius 2 is 2.00 bits per heavy atom. The largest absolute Gasteiger partial charge is 0.300 e. The van der Waals surface area contributed by atoms with Gasteiger partial charge in [-0.05, 0) is 30.7 Å². The van der Waals surface area contributed by atoms with Crippen LogP contribution >= 0.6 is 39.0 Å². The molecule has 1 aromatic heterocycles. The monoisotopic (exact) mass is 478 g/mol. The van der Waals surface area contributed by atoms with Crippen molar-refractivity contribution in [2.24, 2.45) is 0 Å². The average molecular weight is 479 g/mol. The molecule has 0 radical (unpaired) electrons. The molecule has 0 fully saturated rings. The summed E-state index contributed by atoms with van der Waals surface area (Å²) in [6, 6.07) is 6.27. The van der Waals surface area contributed by atoms with Crippen LogP contribution in [0.25, 0.3) is 0 Å². The van der Waals surface area contributed by atoms with E-state index in [-0.39, 0.29) is 23.8 Å². The molecule has 1 amide bonds. The predicted molar refractivity (Wildman–Crippen MR) is 108 cm³/mol. The van der Waals surface area contributed by atoms with Gasteiger partial charge < -0.3 is 5.32 Å². The van der Waals surface area contributed by atoms with Gasteiger partial charge >= 0.3 is 0 Å². The number of anilines is 1. The number of sulfonamides is 1. The molecule has 2 N–H and O–H groups in total. The van der Waals surface area contributed by atoms with Crippen LogP contribution in [-0.2, 0) is 14.8 Å². The normalized spacial score (nSPS) is 12.7. The van der Waals surface area contributed by atoms with Crippen molar-refractivity contribution < 1.29 is 13.2 Å². The molecule has 0 saturated carbocycles. The fourth-order valence-corrected chi connectivity index (χ4v) is 5.05. The van der Waals surface area contributed by atoms with Gasteiger partial charge in [0.25, 0.3) is 0 Å². The summed E-state index contributed by atoms with van der Waals surface area (Å²) in [7, 11) is -3.64. The summed E-state index contributed by atoms with van der Waals surface area (Å²) in [5.41, 5.74) is 0. The van der Waals surface area contributed by atoms with Crippen LogP contribution in [0.3, 0.4) is 0 Å². The Morgan fingerprint density at radius 1 is 1.31 bits per heavy atom. The second-order valence-electron chi connectivity index (χ2n) is 5.36. The molecule has 1 heterocycles. The van der Waals surface area contributed by atoms with Gasteiger partial charge in [-0.15, -0.1) is 10.2 Å². The Labute approximate surface area is 169 Å². The molecule has 142 valence electrons. The highest BCUT2D eigenvalue weighted by atomic mass is 79.9. The van der Waals surface area contributed by atoms with E-state index in [9.17, 15) is 13.2 Å². The highest BCUT2D eigenvalue weighted by molar-refractivity contribution is 9.10. The van der Waals surface area contributed by atoms with Crippen LogP contribution in [0.1, 0.15) is 26.7 Å². The van der Waals surface area contributed by atoms with Crippen molar-refractivity contribution >= 4 is 60.1 Å². The molecule has 11 heteroatoms. The zero-order valence-corrected chi connectivity index (χ0v) is 18.3. The van der Waals surface area contributed by atoms with E-state index in [1.165, 1.54) is 23.5 Å². The van der Waals surface area contributed by atoms with Crippen LogP contribution in [0.4, 0.5) is 5.13 Å². The lowest BCUT2D eigenvalue weighted by Gasteiger charge is -2.06. The van der Waals surface area contributed by atoms with E-state index in [0.717, 1.165) is 15.2 Å². The number of hydrogen-bond acceptors (Lipinski definition) is 7. The van der Waals surface area contributed by atoms with E-state index in [0.29, 0.717) is 10.4 Å². The third kappa shape index (κ3) is 6.62. The van der Waals surface area contributed by atoms with E-state index in [1.807, 2.05) is 0 Å². The zero-order valence-electron chi connectivity index (χ0n) is 14.2. The maximum absolute atomic E-state index is 12.1. The third-order valence-electron chi connectivity index (χ3n) is 3.30. The molecule has 1 atom stereocenters. The second-order valence-corrected chi connectivity index (χ2v) is 10.7. The molecule has 0 aliphatic rings. The van der Waals surface area contributed by atoms with Crippen LogP contribution in [0.5, 0.6) is 0 Å². The van der Waals surface area contributed by atoms with Crippen LogP contribution in [0.2, 0.25) is 0 Å². The molecular weight excluding hydrogens is 460 g/mol. The SMILES string of the molecule is CCC(C)Sc1nnc(NC(=O)CCNS(=O)(=O)c2ccc(Br)cc2)s1. The number of amides is 1. The lowest BCUT2D eigenvalue weighted by atomic mass is 10.4. The summed E-state index contributed by atoms with van der Waals surface area (Å²) < 4.78 is 28.3. The molecule has 0 saturated heterocycles. The van der Waals surface area contributed by atoms with Gasteiger partial charge in [-0.2, -0.15) is 0 Å². The maximum atomic E-state index is 12.1. The van der Waals surface area contributed by atoms with Crippen LogP contribution < -0.4 is 10.0 Å². The van der Waals surface area contributed by atoms with Crippen LogP contribution in [-0.4, -0.2) is 36.3 Å². The first kappa shape index (κ1) is 21.3. The maximum Gasteiger partial charge on any atom is 0.240 e. The molecule has 7 nitrogen and oxygen atoms in total. The first-order valence-electron chi connectivity index (χ1n) is 7.85. The Bertz CT molecular complexity index is 840. The van der Waals surface area contributed by atoms with Gasteiger partial charge in [-0.25, -0.2) is 13.1 Å². The highest BCUT2D eigenvalue weighted by Gasteiger charge is 2.15. The van der Waals surface area contributed by atoms with E-state index >= 15 is 0 Å². The molecule has 2 rings (SSSR count). The quantitative estimate of drug-likeness (QED) is 0.422. The first-order chi connectivity index (χ1) is 12.3. The Morgan fingerprint density at radius 3 is 2.65 bits per heavy atom. The van der Waals surface area contributed by atoms with Gasteiger partial charge in [-0.3, -0.25) is 4.79 Å². The summed E-state index contributed by atoms with van der Waals surface area (Å²) in [6.07, 6.45) is 1.02. The fraction of sp³-hybridized carbons (Fsp3) is 0.400. The number of hydrogen-bond donors (Lipinski definition) is 2. The number of carbonyl (C=O) groups excluding carboxylic acids is 1. The van der Waals surface area contributed by atoms with E-state index in [4.69, 9.17) is 0 Å². The molecule has 0 aliphatic heterocycles. The van der Waals surface area contributed by atoms with E-state index in [1.54, 1.807) is 23.9 Å². The molecular formula is C15H19BrN4O3S3. The number of rotatable bonds is 9. The number of nitrogens with one attached hydrogen (secondary N) is 2. The summed E-state index contributed by atoms with van der Waals surface area (Å²) in [4.78, 5) is 12.1. The van der Waals surface area contributed by atoms with Crippen molar-refractivity contribution in [2.75, 3.05) is 11.9 Å². The van der Waals surface area contributed by atoms with E-state index in [2.05, 4.69) is 50.0 Å². The smallest absolute Gasteiger partial charge is 0.240 e. The van der Waals surface area contributed by atoms with Crippen molar-refractivity contribution in [3.63, 3.8) is 0 Å². The van der Waals surface area contributed by atoms with Gasteiger partial charge in [0.15, 0.2) is 4.34 Å². The number of aromatic nitrogens is 2. The lowest BCUT2D eigenvalue weighted by Crippen LogP contribution is -2.27. The molecule has 26 heavy (non-hydrogen) atoms. The fourth-order valence-electron chi connectivity index (χ4n) is 1.74. The summed E-state index contributed by atoms with van der Waals surface area (Å²) in [5.74, 6) is -0.320. The van der Waals surface area contributed by atoms with Gasteiger partial charge in [0.1, 0.15) is 0 Å². The average Bonchev–Trinajstić information content (AvgIpc) is 3.01. The minimum absolute atomic E-state index is 0.00247. The minimum Gasteiger partial charge on any atom is -0.300 e. The highest BCUT2D eigenvalue weighted by Crippen LogP contribution is 2.29. The molecule has 1 aromatic carbocycles. The minimum atomic E-state index is -3.64. The Balaban J connectivity index is 1.81. The zero-order chi connectivity index (χ0) is 19.2. The number of benzene rings is 1. The topological polar surface area (TPSA) is 101 Å². The third-order valence-corrected chi connectivity index (χ3v) is 7.49. The Kier molecular flexibility index (Phi) is 8.02. The summed E-state index contributed by atoms with van der Waals surface area (Å²) in [5, 5.41) is 11.4. The van der Waals surface area contributed by atoms with Gasteiger partial charge in [0, 0.05) is 22.7 Å². The summed E-state index contributed by atoms with van der Waals surface area (Å²) in [6.45, 7) is 4.19. The van der Waals surface area contributed by atoms with Crippen molar-refractivity contribution in [1.82, 2.24) is 14.9 Å². The molecule has 1 unspecified atom stereocenters. The Hall–Kier alpha value is -1.01. The number of thioether (sulfide) groups is 1. The molecule has 0 bridgehead atoms.